The fourth-order valence-corrected chi connectivity index (χ4v) is 3.78. The van der Waals surface area contributed by atoms with Gasteiger partial charge in [0.2, 0.25) is 11.8 Å². The molecule has 2 amide bonds. The maximum atomic E-state index is 11.9. The van der Waals surface area contributed by atoms with E-state index in [1.807, 2.05) is 4.90 Å². The van der Waals surface area contributed by atoms with Crippen LogP contribution in [0.1, 0.15) is 42.5 Å². The van der Waals surface area contributed by atoms with Crippen molar-refractivity contribution in [3.05, 3.63) is 22.8 Å². The summed E-state index contributed by atoms with van der Waals surface area (Å²) in [6.07, 6.45) is 6.35. The molecule has 3 rings (SSSR count). The van der Waals surface area contributed by atoms with E-state index in [1.165, 1.54) is 6.20 Å². The Balaban J connectivity index is 1.57. The van der Waals surface area contributed by atoms with E-state index in [0.29, 0.717) is 34.6 Å². The molecule has 7 heteroatoms. The number of halogens is 1. The van der Waals surface area contributed by atoms with Gasteiger partial charge in [0, 0.05) is 38.8 Å². The Bertz CT molecular complexity index is 629. The number of carbonyl (C=O) groups excluding carboxylic acids is 2. The van der Waals surface area contributed by atoms with Gasteiger partial charge in [0.15, 0.2) is 0 Å². The van der Waals surface area contributed by atoms with Crippen molar-refractivity contribution >= 4 is 29.2 Å². The number of nitrogens with two attached hydrogens (primary N) is 1. The van der Waals surface area contributed by atoms with Crippen LogP contribution in [0.25, 0.3) is 0 Å². The number of rotatable bonds is 4. The molecule has 1 aromatic heterocycles. The van der Waals surface area contributed by atoms with E-state index < -0.39 is 5.91 Å². The minimum atomic E-state index is -0.527. The van der Waals surface area contributed by atoms with Crippen molar-refractivity contribution in [2.75, 3.05) is 31.1 Å². The number of carbonyl (C=O) groups is 2. The highest BCUT2D eigenvalue weighted by atomic mass is 35.5. The zero-order valence-corrected chi connectivity index (χ0v) is 14.5. The Morgan fingerprint density at radius 1 is 1.29 bits per heavy atom. The second-order valence-electron chi connectivity index (χ2n) is 6.62. The van der Waals surface area contributed by atoms with Crippen molar-refractivity contribution in [2.24, 2.45) is 11.7 Å². The van der Waals surface area contributed by atoms with Gasteiger partial charge in [0.05, 0.1) is 10.6 Å². The first-order valence-electron chi connectivity index (χ1n) is 8.52. The number of pyridine rings is 1. The smallest absolute Gasteiger partial charge is 0.250 e. The lowest BCUT2D eigenvalue weighted by molar-refractivity contribution is -0.134. The molecule has 6 nitrogen and oxygen atoms in total. The van der Waals surface area contributed by atoms with Gasteiger partial charge in [-0.25, -0.2) is 4.98 Å². The number of aromatic nitrogens is 1. The lowest BCUT2D eigenvalue weighted by Crippen LogP contribution is -2.43. The third-order valence-electron chi connectivity index (χ3n) is 4.92. The van der Waals surface area contributed by atoms with Crippen LogP contribution in [0.5, 0.6) is 0 Å². The van der Waals surface area contributed by atoms with Gasteiger partial charge < -0.3 is 15.5 Å². The summed E-state index contributed by atoms with van der Waals surface area (Å²) in [5, 5.41) is 0.455. The van der Waals surface area contributed by atoms with Crippen LogP contribution in [0.3, 0.4) is 0 Å². The zero-order chi connectivity index (χ0) is 17.1. The zero-order valence-electron chi connectivity index (χ0n) is 13.7. The van der Waals surface area contributed by atoms with Gasteiger partial charge in [0.1, 0.15) is 5.82 Å². The average Bonchev–Trinajstić information content (AvgIpc) is 2.58. The van der Waals surface area contributed by atoms with Gasteiger partial charge in [-0.2, -0.15) is 0 Å². The molecule has 2 aliphatic heterocycles. The number of anilines is 1. The quantitative estimate of drug-likeness (QED) is 0.901. The first-order chi connectivity index (χ1) is 11.5. The first kappa shape index (κ1) is 17.0. The Morgan fingerprint density at radius 2 is 2.04 bits per heavy atom. The van der Waals surface area contributed by atoms with Gasteiger partial charge in [-0.15, -0.1) is 0 Å². The highest BCUT2D eigenvalue weighted by Crippen LogP contribution is 2.29. The van der Waals surface area contributed by atoms with Crippen molar-refractivity contribution in [3.8, 4) is 0 Å². The molecule has 0 atom stereocenters. The summed E-state index contributed by atoms with van der Waals surface area (Å²) in [5.74, 6) is 1.01. The fourth-order valence-electron chi connectivity index (χ4n) is 3.49. The number of amides is 2. The molecule has 130 valence electrons. The van der Waals surface area contributed by atoms with Crippen molar-refractivity contribution in [3.63, 3.8) is 0 Å². The van der Waals surface area contributed by atoms with Crippen LogP contribution in [-0.2, 0) is 4.79 Å². The second kappa shape index (κ2) is 7.38. The molecule has 0 aliphatic carbocycles. The molecular weight excluding hydrogens is 328 g/mol. The predicted molar refractivity (Wildman–Crippen MR) is 93.1 cm³/mol. The number of hydrogen-bond donors (Lipinski definition) is 1. The molecule has 0 bridgehead atoms. The molecule has 24 heavy (non-hydrogen) atoms. The minimum absolute atomic E-state index is 0.301. The van der Waals surface area contributed by atoms with Crippen LogP contribution < -0.4 is 10.6 Å². The molecule has 2 saturated heterocycles. The first-order valence-corrected chi connectivity index (χ1v) is 8.90. The van der Waals surface area contributed by atoms with Gasteiger partial charge in [-0.05, 0) is 37.7 Å². The minimum Gasteiger partial charge on any atom is -0.366 e. The van der Waals surface area contributed by atoms with Gasteiger partial charge >= 0.3 is 0 Å². The molecule has 0 radical (unpaired) electrons. The monoisotopic (exact) mass is 350 g/mol. The van der Waals surface area contributed by atoms with E-state index in [1.54, 1.807) is 6.07 Å². The summed E-state index contributed by atoms with van der Waals surface area (Å²) in [6.45, 7) is 3.49. The number of nitrogens with zero attached hydrogens (tertiary/aromatic N) is 3. The van der Waals surface area contributed by atoms with Gasteiger partial charge in [0.25, 0.3) is 0 Å². The van der Waals surface area contributed by atoms with Crippen LogP contribution in [0.15, 0.2) is 12.3 Å². The summed E-state index contributed by atoms with van der Waals surface area (Å²) in [4.78, 5) is 31.6. The number of primary amides is 1. The van der Waals surface area contributed by atoms with E-state index in [9.17, 15) is 9.59 Å². The van der Waals surface area contributed by atoms with Crippen LogP contribution in [0.2, 0.25) is 5.02 Å². The SMILES string of the molecule is NC(=O)c1cnc(N2CCC(CN3CCCCC3=O)CC2)c(Cl)c1. The maximum absolute atomic E-state index is 11.9. The topological polar surface area (TPSA) is 79.5 Å². The van der Waals surface area contributed by atoms with E-state index in [2.05, 4.69) is 9.88 Å². The number of hydrogen-bond acceptors (Lipinski definition) is 4. The molecule has 0 spiro atoms. The van der Waals surface area contributed by atoms with Crippen LogP contribution in [0, 0.1) is 5.92 Å². The second-order valence-corrected chi connectivity index (χ2v) is 7.03. The molecule has 2 N–H and O–H groups in total. The Labute approximate surface area is 147 Å². The van der Waals surface area contributed by atoms with Crippen molar-refractivity contribution in [1.82, 2.24) is 9.88 Å². The van der Waals surface area contributed by atoms with E-state index >= 15 is 0 Å². The van der Waals surface area contributed by atoms with E-state index in [4.69, 9.17) is 17.3 Å². The molecule has 0 unspecified atom stereocenters. The molecular formula is C17H23ClN4O2. The summed E-state index contributed by atoms with van der Waals surface area (Å²) in [5.41, 5.74) is 5.57. The molecule has 2 fully saturated rings. The number of likely N-dealkylation sites (tertiary alicyclic amines) is 1. The highest BCUT2D eigenvalue weighted by Gasteiger charge is 2.26. The molecule has 3 heterocycles. The standard InChI is InChI=1S/C17H23ClN4O2/c18-14-9-13(16(19)24)10-20-17(14)21-7-4-12(5-8-21)11-22-6-2-1-3-15(22)23/h9-10,12H,1-8,11H2,(H2,19,24). The van der Waals surface area contributed by atoms with Crippen LogP contribution in [-0.4, -0.2) is 47.9 Å². The summed E-state index contributed by atoms with van der Waals surface area (Å²) >= 11 is 6.25. The average molecular weight is 351 g/mol. The van der Waals surface area contributed by atoms with Crippen LogP contribution >= 0.6 is 11.6 Å². The Hall–Kier alpha value is -1.82. The Kier molecular flexibility index (Phi) is 5.23. The summed E-state index contributed by atoms with van der Waals surface area (Å²) in [6, 6.07) is 1.57. The molecule has 2 aliphatic rings. The van der Waals surface area contributed by atoms with Crippen molar-refractivity contribution in [1.29, 1.82) is 0 Å². The molecule has 1 aromatic rings. The lowest BCUT2D eigenvalue weighted by Gasteiger charge is -2.36. The fraction of sp³-hybridized carbons (Fsp3) is 0.588. The number of piperidine rings is 2. The third kappa shape index (κ3) is 3.80. The lowest BCUT2D eigenvalue weighted by atomic mass is 9.95. The van der Waals surface area contributed by atoms with Gasteiger partial charge in [-0.3, -0.25) is 9.59 Å². The van der Waals surface area contributed by atoms with E-state index in [-0.39, 0.29) is 0 Å². The molecule has 0 saturated carbocycles. The van der Waals surface area contributed by atoms with Crippen molar-refractivity contribution in [2.45, 2.75) is 32.1 Å². The highest BCUT2D eigenvalue weighted by molar-refractivity contribution is 6.33. The maximum Gasteiger partial charge on any atom is 0.250 e. The summed E-state index contributed by atoms with van der Waals surface area (Å²) in [7, 11) is 0. The summed E-state index contributed by atoms with van der Waals surface area (Å²) < 4.78 is 0. The van der Waals surface area contributed by atoms with Crippen LogP contribution in [0.4, 0.5) is 5.82 Å². The Morgan fingerprint density at radius 3 is 2.67 bits per heavy atom. The largest absolute Gasteiger partial charge is 0.366 e. The van der Waals surface area contributed by atoms with Gasteiger partial charge in [-0.1, -0.05) is 11.6 Å². The predicted octanol–water partition coefficient (Wildman–Crippen LogP) is 2.06. The van der Waals surface area contributed by atoms with E-state index in [0.717, 1.165) is 51.9 Å². The molecule has 0 aromatic carbocycles. The normalized spacial score (nSPS) is 19.6. The third-order valence-corrected chi connectivity index (χ3v) is 5.20. The van der Waals surface area contributed by atoms with Crippen molar-refractivity contribution < 1.29 is 9.59 Å².